The molecule has 3 aromatic rings. The van der Waals surface area contributed by atoms with Crippen LogP contribution in [0.3, 0.4) is 0 Å². The lowest BCUT2D eigenvalue weighted by atomic mass is 9.96. The van der Waals surface area contributed by atoms with Gasteiger partial charge in [-0.1, -0.05) is 48.5 Å². The Kier molecular flexibility index (Phi) is 7.81. The predicted octanol–water partition coefficient (Wildman–Crippen LogP) is 5.73. The summed E-state index contributed by atoms with van der Waals surface area (Å²) in [5.74, 6) is -2.33. The van der Waals surface area contributed by atoms with Crippen LogP contribution in [0.1, 0.15) is 40.8 Å². The molecular weight excluding hydrogens is 439 g/mol. The van der Waals surface area contributed by atoms with Crippen LogP contribution in [0.5, 0.6) is 0 Å². The lowest BCUT2D eigenvalue weighted by molar-refractivity contribution is -0.137. The summed E-state index contributed by atoms with van der Waals surface area (Å²) < 4.78 is 65.9. The minimum absolute atomic E-state index is 0.316. The lowest BCUT2D eigenvalue weighted by Crippen LogP contribution is -2.38. The molecule has 2 atom stereocenters. The first-order valence-electron chi connectivity index (χ1n) is 10.3. The van der Waals surface area contributed by atoms with Crippen LogP contribution in [-0.4, -0.2) is 13.0 Å². The van der Waals surface area contributed by atoms with E-state index in [1.807, 2.05) is 6.07 Å². The molecule has 33 heavy (non-hydrogen) atoms. The second-order valence-electron chi connectivity index (χ2n) is 7.58. The van der Waals surface area contributed by atoms with E-state index in [0.29, 0.717) is 29.5 Å². The Morgan fingerprint density at radius 2 is 1.55 bits per heavy atom. The summed E-state index contributed by atoms with van der Waals surface area (Å²) in [5.41, 5.74) is 1.00. The number of benzene rings is 3. The lowest BCUT2D eigenvalue weighted by Gasteiger charge is -2.26. The van der Waals surface area contributed by atoms with E-state index in [0.717, 1.165) is 24.3 Å². The van der Waals surface area contributed by atoms with Crippen molar-refractivity contribution in [3.05, 3.63) is 107 Å². The smallest absolute Gasteiger partial charge is 0.358 e. The highest BCUT2D eigenvalue weighted by atomic mass is 19.4. The maximum Gasteiger partial charge on any atom is 0.416 e. The Bertz CT molecular complexity index is 1070. The van der Waals surface area contributed by atoms with E-state index in [-0.39, 0.29) is 5.91 Å². The molecule has 0 bridgehead atoms. The van der Waals surface area contributed by atoms with Crippen LogP contribution in [0.4, 0.5) is 22.0 Å². The van der Waals surface area contributed by atoms with Crippen LogP contribution in [0.25, 0.3) is 0 Å². The third-order valence-corrected chi connectivity index (χ3v) is 5.36. The fraction of sp³-hybridized carbons (Fsp3) is 0.240. The summed E-state index contributed by atoms with van der Waals surface area (Å²) >= 11 is 0. The van der Waals surface area contributed by atoms with Crippen molar-refractivity contribution < 1.29 is 26.7 Å². The van der Waals surface area contributed by atoms with Gasteiger partial charge in [0.1, 0.15) is 6.04 Å². The summed E-state index contributed by atoms with van der Waals surface area (Å²) in [5, 5.41) is 5.80. The van der Waals surface area contributed by atoms with Gasteiger partial charge in [0.2, 0.25) is 5.91 Å². The van der Waals surface area contributed by atoms with E-state index in [9.17, 15) is 26.7 Å². The molecule has 0 aliphatic heterocycles. The second kappa shape index (κ2) is 10.6. The second-order valence-corrected chi connectivity index (χ2v) is 7.58. The van der Waals surface area contributed by atoms with Crippen molar-refractivity contribution in [2.24, 2.45) is 0 Å². The van der Waals surface area contributed by atoms with Crippen molar-refractivity contribution in [1.29, 1.82) is 0 Å². The summed E-state index contributed by atoms with van der Waals surface area (Å²) in [7, 11) is 1.49. The number of hydrogen-bond donors (Lipinski definition) is 2. The third-order valence-electron chi connectivity index (χ3n) is 5.36. The van der Waals surface area contributed by atoms with Crippen molar-refractivity contribution in [1.82, 2.24) is 10.6 Å². The highest BCUT2D eigenvalue weighted by Gasteiger charge is 2.30. The molecule has 1 unspecified atom stereocenters. The van der Waals surface area contributed by atoms with Gasteiger partial charge >= 0.3 is 6.18 Å². The first-order valence-corrected chi connectivity index (χ1v) is 10.3. The number of alkyl halides is 3. The van der Waals surface area contributed by atoms with E-state index < -0.39 is 35.5 Å². The van der Waals surface area contributed by atoms with Crippen molar-refractivity contribution in [2.45, 2.75) is 31.1 Å². The van der Waals surface area contributed by atoms with Crippen molar-refractivity contribution in [3.8, 4) is 0 Å². The number of likely N-dealkylation sites (N-methyl/N-ethyl adjacent to an activating group) is 1. The molecule has 3 aromatic carbocycles. The van der Waals surface area contributed by atoms with Gasteiger partial charge in [-0.3, -0.25) is 10.1 Å². The topological polar surface area (TPSA) is 41.1 Å². The van der Waals surface area contributed by atoms with Crippen LogP contribution in [0, 0.1) is 11.6 Å². The molecule has 0 fully saturated rings. The van der Waals surface area contributed by atoms with Gasteiger partial charge in [-0.15, -0.1) is 0 Å². The van der Waals surface area contributed by atoms with Crippen molar-refractivity contribution in [2.75, 3.05) is 7.05 Å². The highest BCUT2D eigenvalue weighted by molar-refractivity contribution is 5.83. The fourth-order valence-corrected chi connectivity index (χ4v) is 3.56. The zero-order chi connectivity index (χ0) is 24.0. The molecule has 0 heterocycles. The third kappa shape index (κ3) is 6.38. The molecule has 3 rings (SSSR count). The van der Waals surface area contributed by atoms with Gasteiger partial charge in [-0.05, 0) is 53.8 Å². The average Bonchev–Trinajstić information content (AvgIpc) is 2.81. The number of hydrogen-bond acceptors (Lipinski definition) is 2. The largest absolute Gasteiger partial charge is 0.416 e. The number of halogens is 5. The summed E-state index contributed by atoms with van der Waals surface area (Å²) in [4.78, 5) is 12.6. The normalized spacial score (nSPS) is 13.4. The molecule has 2 N–H and O–H groups in total. The van der Waals surface area contributed by atoms with E-state index in [2.05, 4.69) is 10.6 Å². The Labute approximate surface area is 188 Å². The number of aryl methyl sites for hydroxylation is 1. The first-order chi connectivity index (χ1) is 15.7. The Morgan fingerprint density at radius 1 is 0.879 bits per heavy atom. The van der Waals surface area contributed by atoms with Crippen LogP contribution in [0.15, 0.2) is 72.8 Å². The fourth-order valence-electron chi connectivity index (χ4n) is 3.56. The minimum atomic E-state index is -4.43. The molecule has 1 amide bonds. The molecule has 0 aliphatic carbocycles. The van der Waals surface area contributed by atoms with E-state index in [4.69, 9.17) is 0 Å². The van der Waals surface area contributed by atoms with E-state index >= 15 is 0 Å². The van der Waals surface area contributed by atoms with Crippen molar-refractivity contribution in [3.63, 3.8) is 0 Å². The SMILES string of the molecule is CNC(=O)C(N[C@@H](CCc1ccc(C(F)(F)F)cc1)c1ccc(F)c(F)c1)c1ccccc1. The predicted molar refractivity (Wildman–Crippen MR) is 115 cm³/mol. The zero-order valence-corrected chi connectivity index (χ0v) is 17.8. The number of nitrogens with one attached hydrogen (secondary N) is 2. The Morgan fingerprint density at radius 3 is 2.12 bits per heavy atom. The van der Waals surface area contributed by atoms with Crippen molar-refractivity contribution >= 4 is 5.91 Å². The van der Waals surface area contributed by atoms with Gasteiger partial charge < -0.3 is 5.32 Å². The number of rotatable bonds is 8. The molecule has 0 spiro atoms. The minimum Gasteiger partial charge on any atom is -0.358 e. The molecule has 174 valence electrons. The van der Waals surface area contributed by atoms with Gasteiger partial charge in [0, 0.05) is 13.1 Å². The number of carbonyl (C=O) groups is 1. The Balaban J connectivity index is 1.87. The van der Waals surface area contributed by atoms with Gasteiger partial charge in [-0.25, -0.2) is 8.78 Å². The monoisotopic (exact) mass is 462 g/mol. The van der Waals surface area contributed by atoms with Gasteiger partial charge in [0.15, 0.2) is 11.6 Å². The van der Waals surface area contributed by atoms with Crippen LogP contribution in [0.2, 0.25) is 0 Å². The summed E-state index contributed by atoms with van der Waals surface area (Å²) in [6, 6.07) is 15.8. The van der Waals surface area contributed by atoms with Gasteiger partial charge in [0.05, 0.1) is 5.56 Å². The number of amides is 1. The maximum absolute atomic E-state index is 14.0. The van der Waals surface area contributed by atoms with Crippen LogP contribution in [-0.2, 0) is 17.4 Å². The number of carbonyl (C=O) groups excluding carboxylic acids is 1. The molecule has 0 aromatic heterocycles. The first kappa shape index (κ1) is 24.4. The molecule has 0 radical (unpaired) electrons. The molecule has 8 heteroatoms. The molecule has 0 aliphatic rings. The van der Waals surface area contributed by atoms with Crippen LogP contribution < -0.4 is 10.6 Å². The zero-order valence-electron chi connectivity index (χ0n) is 17.8. The molecule has 0 saturated carbocycles. The quantitative estimate of drug-likeness (QED) is 0.420. The average molecular weight is 462 g/mol. The van der Waals surface area contributed by atoms with Gasteiger partial charge in [-0.2, -0.15) is 13.2 Å². The maximum atomic E-state index is 14.0. The highest BCUT2D eigenvalue weighted by Crippen LogP contribution is 2.30. The summed E-state index contributed by atoms with van der Waals surface area (Å²) in [6.45, 7) is 0. The molecule has 0 saturated heterocycles. The summed E-state index contributed by atoms with van der Waals surface area (Å²) in [6.07, 6.45) is -3.74. The standard InChI is InChI=1S/C25H23F5N2O/c1-31-24(33)23(17-5-3-2-4-6-17)32-22(18-10-13-20(26)21(27)15-18)14-9-16-7-11-19(12-8-16)25(28,29)30/h2-8,10-13,15,22-23,32H,9,14H2,1H3,(H,31,33)/t22-,23?/m0/s1. The van der Waals surface area contributed by atoms with Gasteiger partial charge in [0.25, 0.3) is 0 Å². The Hall–Kier alpha value is -3.26. The van der Waals surface area contributed by atoms with E-state index in [1.165, 1.54) is 25.2 Å². The molecular formula is C25H23F5N2O. The van der Waals surface area contributed by atoms with Crippen LogP contribution >= 0.6 is 0 Å². The molecule has 3 nitrogen and oxygen atoms in total. The van der Waals surface area contributed by atoms with E-state index in [1.54, 1.807) is 24.3 Å².